The summed E-state index contributed by atoms with van der Waals surface area (Å²) in [5.74, 6) is -0.506. The fraction of sp³-hybridized carbons (Fsp3) is 0.364. The second-order valence-electron chi connectivity index (χ2n) is 7.76. The Balaban J connectivity index is 2.07. The van der Waals surface area contributed by atoms with Crippen molar-refractivity contribution in [2.45, 2.75) is 44.7 Å². The van der Waals surface area contributed by atoms with Crippen molar-refractivity contribution in [1.82, 2.24) is 4.90 Å². The third kappa shape index (κ3) is 4.51. The molecule has 3 rings (SSSR count). The normalized spacial score (nSPS) is 21.7. The molecule has 2 aromatic carbocycles. The van der Waals surface area contributed by atoms with Crippen molar-refractivity contribution in [3.63, 3.8) is 0 Å². The fourth-order valence-electron chi connectivity index (χ4n) is 3.28. The number of ether oxygens (including phenoxy) is 3. The predicted octanol–water partition coefficient (Wildman–Crippen LogP) is 4.16. The highest BCUT2D eigenvalue weighted by atomic mass is 16.6. The van der Waals surface area contributed by atoms with Gasteiger partial charge in [0.05, 0.1) is 7.11 Å². The molecule has 1 heterocycles. The van der Waals surface area contributed by atoms with Gasteiger partial charge in [0.15, 0.2) is 12.3 Å². The van der Waals surface area contributed by atoms with Gasteiger partial charge in [-0.05, 0) is 38.5 Å². The summed E-state index contributed by atoms with van der Waals surface area (Å²) in [6.07, 6.45) is -2.80. The quantitative estimate of drug-likeness (QED) is 0.831. The lowest BCUT2D eigenvalue weighted by Crippen LogP contribution is -2.40. The molecule has 29 heavy (non-hydrogen) atoms. The minimum Gasteiger partial charge on any atom is -0.497 e. The Hall–Kier alpha value is -3.06. The largest absolute Gasteiger partial charge is 0.497 e. The molecule has 0 unspecified atom stereocenters. The van der Waals surface area contributed by atoms with Crippen molar-refractivity contribution in [2.75, 3.05) is 7.11 Å². The molecule has 1 amide bonds. The number of carboxylic acid groups (broad SMARTS) is 1. The zero-order valence-corrected chi connectivity index (χ0v) is 16.9. The standard InChI is InChI=1S/C22H25NO6/c1-22(2,3)29-21(26)23-17(14-8-6-5-7-9-14)18(20(24)25)28-19(23)15-10-12-16(27-4)13-11-15/h5-13,17-19H,1-4H3,(H,24,25)/t17-,18+,19-/m0/s1. The van der Waals surface area contributed by atoms with E-state index in [1.54, 1.807) is 76.4 Å². The van der Waals surface area contributed by atoms with Crippen LogP contribution in [0.2, 0.25) is 0 Å². The van der Waals surface area contributed by atoms with Crippen LogP contribution in [0.3, 0.4) is 0 Å². The van der Waals surface area contributed by atoms with Crippen molar-refractivity contribution in [3.8, 4) is 5.75 Å². The molecule has 0 radical (unpaired) electrons. The van der Waals surface area contributed by atoms with Gasteiger partial charge in [-0.1, -0.05) is 42.5 Å². The number of carbonyl (C=O) groups excluding carboxylic acids is 1. The van der Waals surface area contributed by atoms with Gasteiger partial charge < -0.3 is 19.3 Å². The Morgan fingerprint density at radius 2 is 1.62 bits per heavy atom. The first-order valence-corrected chi connectivity index (χ1v) is 9.30. The average Bonchev–Trinajstić information content (AvgIpc) is 3.08. The van der Waals surface area contributed by atoms with E-state index in [0.29, 0.717) is 16.9 Å². The van der Waals surface area contributed by atoms with Gasteiger partial charge in [0.2, 0.25) is 0 Å². The van der Waals surface area contributed by atoms with E-state index in [1.807, 2.05) is 6.07 Å². The molecule has 7 heteroatoms. The lowest BCUT2D eigenvalue weighted by atomic mass is 10.0. The summed E-state index contributed by atoms with van der Waals surface area (Å²) >= 11 is 0. The van der Waals surface area contributed by atoms with Gasteiger partial charge in [0.1, 0.15) is 17.4 Å². The first-order chi connectivity index (χ1) is 13.7. The maximum absolute atomic E-state index is 13.1. The van der Waals surface area contributed by atoms with Crippen molar-refractivity contribution >= 4 is 12.1 Å². The maximum Gasteiger partial charge on any atom is 0.413 e. The number of methoxy groups -OCH3 is 1. The number of amides is 1. The highest BCUT2D eigenvalue weighted by Gasteiger charge is 2.51. The minimum absolute atomic E-state index is 0.626. The van der Waals surface area contributed by atoms with Gasteiger partial charge in [0, 0.05) is 5.56 Å². The van der Waals surface area contributed by atoms with Crippen molar-refractivity contribution in [1.29, 1.82) is 0 Å². The summed E-state index contributed by atoms with van der Waals surface area (Å²) in [6, 6.07) is 15.1. The van der Waals surface area contributed by atoms with Crippen LogP contribution < -0.4 is 4.74 Å². The lowest BCUT2D eigenvalue weighted by molar-refractivity contribution is -0.150. The number of carboxylic acids is 1. The number of hydrogen-bond acceptors (Lipinski definition) is 5. The molecule has 0 aromatic heterocycles. The molecule has 1 saturated heterocycles. The van der Waals surface area contributed by atoms with E-state index in [9.17, 15) is 14.7 Å². The number of benzene rings is 2. The van der Waals surface area contributed by atoms with Crippen LogP contribution in [0.1, 0.15) is 44.2 Å². The molecule has 3 atom stereocenters. The molecule has 0 bridgehead atoms. The molecule has 2 aromatic rings. The lowest BCUT2D eigenvalue weighted by Gasteiger charge is -2.31. The smallest absolute Gasteiger partial charge is 0.413 e. The van der Waals surface area contributed by atoms with Crippen molar-refractivity contribution < 1.29 is 28.9 Å². The van der Waals surface area contributed by atoms with Gasteiger partial charge in [-0.25, -0.2) is 9.59 Å². The van der Waals surface area contributed by atoms with E-state index in [0.717, 1.165) is 0 Å². The molecular weight excluding hydrogens is 374 g/mol. The molecule has 0 aliphatic carbocycles. The molecule has 1 aliphatic rings. The van der Waals surface area contributed by atoms with Gasteiger partial charge in [-0.3, -0.25) is 4.90 Å². The average molecular weight is 399 g/mol. The number of hydrogen-bond donors (Lipinski definition) is 1. The molecule has 154 valence electrons. The summed E-state index contributed by atoms with van der Waals surface area (Å²) in [4.78, 5) is 26.5. The van der Waals surface area contributed by atoms with E-state index < -0.39 is 36.0 Å². The second-order valence-corrected chi connectivity index (χ2v) is 7.76. The fourth-order valence-corrected chi connectivity index (χ4v) is 3.28. The molecule has 0 spiro atoms. The van der Waals surface area contributed by atoms with Crippen molar-refractivity contribution in [2.24, 2.45) is 0 Å². The molecule has 7 nitrogen and oxygen atoms in total. The zero-order valence-electron chi connectivity index (χ0n) is 16.9. The maximum atomic E-state index is 13.1. The summed E-state index contributed by atoms with van der Waals surface area (Å²) in [5, 5.41) is 9.80. The Bertz CT molecular complexity index is 859. The summed E-state index contributed by atoms with van der Waals surface area (Å²) in [5.41, 5.74) is 0.535. The Kier molecular flexibility index (Phi) is 5.79. The minimum atomic E-state index is -1.24. The van der Waals surface area contributed by atoms with Crippen LogP contribution in [0, 0.1) is 0 Å². The second kappa shape index (κ2) is 8.13. The van der Waals surface area contributed by atoms with Crippen LogP contribution >= 0.6 is 0 Å². The number of carbonyl (C=O) groups is 2. The van der Waals surface area contributed by atoms with Crippen molar-refractivity contribution in [3.05, 3.63) is 65.7 Å². The summed E-state index contributed by atoms with van der Waals surface area (Å²) in [6.45, 7) is 5.28. The first-order valence-electron chi connectivity index (χ1n) is 9.30. The molecule has 1 fully saturated rings. The summed E-state index contributed by atoms with van der Waals surface area (Å²) in [7, 11) is 1.56. The summed E-state index contributed by atoms with van der Waals surface area (Å²) < 4.78 is 16.7. The van der Waals surface area contributed by atoms with Gasteiger partial charge in [-0.15, -0.1) is 0 Å². The number of rotatable bonds is 4. The molecule has 1 N–H and O–H groups in total. The van der Waals surface area contributed by atoms with Gasteiger partial charge >= 0.3 is 12.1 Å². The third-order valence-electron chi connectivity index (χ3n) is 4.50. The highest BCUT2D eigenvalue weighted by Crippen LogP contribution is 2.44. The molecular formula is C22H25NO6. The van der Waals surface area contributed by atoms with E-state index in [-0.39, 0.29) is 0 Å². The van der Waals surface area contributed by atoms with Crippen LogP contribution in [0.25, 0.3) is 0 Å². The van der Waals surface area contributed by atoms with Gasteiger partial charge in [-0.2, -0.15) is 0 Å². The van der Waals surface area contributed by atoms with Crippen LogP contribution in [0.4, 0.5) is 4.79 Å². The molecule has 0 saturated carbocycles. The topological polar surface area (TPSA) is 85.3 Å². The third-order valence-corrected chi connectivity index (χ3v) is 4.50. The highest BCUT2D eigenvalue weighted by molar-refractivity contribution is 5.77. The predicted molar refractivity (Wildman–Crippen MR) is 105 cm³/mol. The number of aliphatic carboxylic acids is 1. The Labute approximate surface area is 169 Å². The first kappa shape index (κ1) is 20.7. The Morgan fingerprint density at radius 1 is 1.00 bits per heavy atom. The van der Waals surface area contributed by atoms with E-state index >= 15 is 0 Å². The Morgan fingerprint density at radius 3 is 2.14 bits per heavy atom. The SMILES string of the molecule is COc1ccc([C@@H]2O[C@@H](C(=O)O)[C@H](c3ccccc3)N2C(=O)OC(C)(C)C)cc1. The van der Waals surface area contributed by atoms with Crippen LogP contribution in [0.15, 0.2) is 54.6 Å². The van der Waals surface area contributed by atoms with Crippen LogP contribution in [-0.2, 0) is 14.3 Å². The van der Waals surface area contributed by atoms with E-state index in [4.69, 9.17) is 14.2 Å². The van der Waals surface area contributed by atoms with E-state index in [2.05, 4.69) is 0 Å². The number of nitrogens with zero attached hydrogens (tertiary/aromatic N) is 1. The van der Waals surface area contributed by atoms with E-state index in [1.165, 1.54) is 4.90 Å². The van der Waals surface area contributed by atoms with Gasteiger partial charge in [0.25, 0.3) is 0 Å². The molecule has 1 aliphatic heterocycles. The zero-order chi connectivity index (χ0) is 21.2. The van der Waals surface area contributed by atoms with Crippen LogP contribution in [-0.4, -0.2) is 40.9 Å². The monoisotopic (exact) mass is 399 g/mol. The van der Waals surface area contributed by atoms with Crippen LogP contribution in [0.5, 0.6) is 5.75 Å².